The van der Waals surface area contributed by atoms with Crippen molar-refractivity contribution in [2.45, 2.75) is 13.1 Å². The number of hydrogen-bond acceptors (Lipinski definition) is 3. The molecule has 1 heterocycles. The molecule has 1 aromatic carbocycles. The van der Waals surface area contributed by atoms with Gasteiger partial charge < -0.3 is 9.53 Å². The lowest BCUT2D eigenvalue weighted by atomic mass is 10.2. The van der Waals surface area contributed by atoms with Gasteiger partial charge in [0.05, 0.1) is 0 Å². The van der Waals surface area contributed by atoms with Crippen molar-refractivity contribution in [3.05, 3.63) is 52.7 Å². The molecule has 5 heteroatoms. The number of carbonyl (C=O) groups is 1. The lowest BCUT2D eigenvalue weighted by Crippen LogP contribution is -1.92. The predicted octanol–water partition coefficient (Wildman–Crippen LogP) is 3.74. The van der Waals surface area contributed by atoms with Gasteiger partial charge in [-0.25, -0.2) is 9.37 Å². The predicted molar refractivity (Wildman–Crippen MR) is 70.3 cm³/mol. The normalized spacial score (nSPS) is 10.2. The van der Waals surface area contributed by atoms with Crippen molar-refractivity contribution in [1.29, 1.82) is 0 Å². The Morgan fingerprint density at radius 1 is 1.32 bits per heavy atom. The molecule has 2 rings (SSSR count). The number of nitrogens with zero attached hydrogens (tertiary/aromatic N) is 1. The summed E-state index contributed by atoms with van der Waals surface area (Å²) >= 11 is 5.81. The van der Waals surface area contributed by atoms with Gasteiger partial charge in [0.2, 0.25) is 5.88 Å². The molecule has 0 spiro atoms. The molecule has 0 radical (unpaired) electrons. The summed E-state index contributed by atoms with van der Waals surface area (Å²) in [7, 11) is 0. The molecule has 1 aromatic heterocycles. The summed E-state index contributed by atoms with van der Waals surface area (Å²) in [6, 6.07) is 8.16. The van der Waals surface area contributed by atoms with E-state index < -0.39 is 6.67 Å². The number of aldehydes is 1. The van der Waals surface area contributed by atoms with E-state index in [-0.39, 0.29) is 0 Å². The largest absolute Gasteiger partial charge is 0.439 e. The first-order chi connectivity index (χ1) is 9.22. The van der Waals surface area contributed by atoms with Crippen LogP contribution in [0.5, 0.6) is 11.6 Å². The van der Waals surface area contributed by atoms with Crippen molar-refractivity contribution >= 4 is 17.9 Å². The smallest absolute Gasteiger partial charge is 0.219 e. The second-order valence-electron chi connectivity index (χ2n) is 3.86. The van der Waals surface area contributed by atoms with Gasteiger partial charge in [0, 0.05) is 29.3 Å². The van der Waals surface area contributed by atoms with Crippen molar-refractivity contribution in [1.82, 2.24) is 4.98 Å². The number of pyridine rings is 1. The molecule has 0 amide bonds. The summed E-state index contributed by atoms with van der Waals surface area (Å²) in [5, 5.41) is 0.365. The third kappa shape index (κ3) is 3.51. The van der Waals surface area contributed by atoms with Crippen molar-refractivity contribution < 1.29 is 13.9 Å². The number of hydrogen-bond donors (Lipinski definition) is 0. The Bertz CT molecular complexity index is 572. The van der Waals surface area contributed by atoms with E-state index in [9.17, 15) is 9.18 Å². The first-order valence-electron chi connectivity index (χ1n) is 5.63. The monoisotopic (exact) mass is 279 g/mol. The van der Waals surface area contributed by atoms with E-state index in [2.05, 4.69) is 4.98 Å². The molecule has 0 aliphatic carbocycles. The minimum atomic E-state index is -0.651. The van der Waals surface area contributed by atoms with E-state index >= 15 is 0 Å². The lowest BCUT2D eigenvalue weighted by Gasteiger charge is -2.07. The highest BCUT2D eigenvalue weighted by atomic mass is 35.5. The van der Waals surface area contributed by atoms with Crippen LogP contribution >= 0.6 is 11.6 Å². The first-order valence-corrected chi connectivity index (χ1v) is 6.01. The van der Waals surface area contributed by atoms with Crippen LogP contribution in [0.4, 0.5) is 4.39 Å². The average Bonchev–Trinajstić information content (AvgIpc) is 2.43. The molecule has 0 fully saturated rings. The van der Waals surface area contributed by atoms with E-state index in [1.807, 2.05) is 0 Å². The van der Waals surface area contributed by atoms with Gasteiger partial charge >= 0.3 is 0 Å². The zero-order chi connectivity index (χ0) is 13.7. The van der Waals surface area contributed by atoms with Crippen molar-refractivity contribution in [3.63, 3.8) is 0 Å². The Morgan fingerprint density at radius 3 is 2.79 bits per heavy atom. The lowest BCUT2D eigenvalue weighted by molar-refractivity contribution is -0.107. The first kappa shape index (κ1) is 13.5. The van der Waals surface area contributed by atoms with Crippen LogP contribution in [-0.4, -0.2) is 11.3 Å². The fraction of sp³-hybridized carbons (Fsp3) is 0.143. The maximum absolute atomic E-state index is 12.7. The van der Waals surface area contributed by atoms with Crippen molar-refractivity contribution in [2.75, 3.05) is 0 Å². The molecule has 0 atom stereocenters. The topological polar surface area (TPSA) is 39.2 Å². The molecule has 2 aromatic rings. The molecule has 0 aliphatic heterocycles. The molecular weight excluding hydrogens is 269 g/mol. The minimum Gasteiger partial charge on any atom is -0.439 e. The third-order valence-electron chi connectivity index (χ3n) is 2.50. The number of aromatic nitrogens is 1. The van der Waals surface area contributed by atoms with Crippen LogP contribution in [0.3, 0.4) is 0 Å². The number of halogens is 2. The Morgan fingerprint density at radius 2 is 2.16 bits per heavy atom. The fourth-order valence-electron chi connectivity index (χ4n) is 1.53. The number of rotatable bonds is 5. The highest BCUT2D eigenvalue weighted by Crippen LogP contribution is 2.26. The zero-order valence-corrected chi connectivity index (χ0v) is 10.7. The minimum absolute atomic E-state index is 0.320. The van der Waals surface area contributed by atoms with E-state index in [1.54, 1.807) is 30.5 Å². The van der Waals surface area contributed by atoms with Gasteiger partial charge in [-0.15, -0.1) is 0 Å². The van der Waals surface area contributed by atoms with Crippen LogP contribution in [0.15, 0.2) is 36.5 Å². The van der Waals surface area contributed by atoms with E-state index in [4.69, 9.17) is 16.3 Å². The van der Waals surface area contributed by atoms with Gasteiger partial charge in [-0.3, -0.25) is 0 Å². The number of alkyl halides is 1. The summed E-state index contributed by atoms with van der Waals surface area (Å²) in [5.41, 5.74) is 1.18. The molecule has 98 valence electrons. The van der Waals surface area contributed by atoms with Gasteiger partial charge in [0.15, 0.2) is 0 Å². The van der Waals surface area contributed by atoms with Gasteiger partial charge in [-0.05, 0) is 23.8 Å². The summed E-state index contributed by atoms with van der Waals surface area (Å²) in [5.74, 6) is 0.842. The quantitative estimate of drug-likeness (QED) is 0.783. The van der Waals surface area contributed by atoms with Crippen LogP contribution in [0.2, 0.25) is 5.02 Å². The number of ether oxygens (including phenoxy) is 1. The van der Waals surface area contributed by atoms with Crippen LogP contribution in [0, 0.1) is 0 Å². The summed E-state index contributed by atoms with van der Waals surface area (Å²) in [4.78, 5) is 14.4. The second-order valence-corrected chi connectivity index (χ2v) is 4.27. The van der Waals surface area contributed by atoms with Crippen LogP contribution in [0.1, 0.15) is 11.1 Å². The highest BCUT2D eigenvalue weighted by Gasteiger charge is 2.04. The molecule has 3 nitrogen and oxygen atoms in total. The molecule has 0 aliphatic rings. The standard InChI is InChI=1S/C14H11ClFNO2/c15-13-3-2-12(7-11(13)8-16)19-14-4-1-10(5-6-18)9-17-14/h1-4,6-7,9H,5,8H2. The molecule has 19 heavy (non-hydrogen) atoms. The van der Waals surface area contributed by atoms with Gasteiger partial charge in [0.25, 0.3) is 0 Å². The van der Waals surface area contributed by atoms with E-state index in [1.165, 1.54) is 6.07 Å². The number of benzene rings is 1. The van der Waals surface area contributed by atoms with Crippen LogP contribution in [0.25, 0.3) is 0 Å². The van der Waals surface area contributed by atoms with Crippen molar-refractivity contribution in [3.8, 4) is 11.6 Å². The fourth-order valence-corrected chi connectivity index (χ4v) is 1.69. The third-order valence-corrected chi connectivity index (χ3v) is 2.87. The van der Waals surface area contributed by atoms with Crippen molar-refractivity contribution in [2.24, 2.45) is 0 Å². The van der Waals surface area contributed by atoms with Crippen LogP contribution < -0.4 is 4.74 Å². The Hall–Kier alpha value is -1.94. The summed E-state index contributed by atoms with van der Waals surface area (Å²) in [6.07, 6.45) is 2.69. The van der Waals surface area contributed by atoms with Crippen LogP contribution in [-0.2, 0) is 17.9 Å². The molecule has 0 N–H and O–H groups in total. The Labute approximate surface area is 115 Å². The molecule has 0 unspecified atom stereocenters. The Balaban J connectivity index is 2.14. The maximum Gasteiger partial charge on any atom is 0.219 e. The molecule has 0 saturated carbocycles. The van der Waals surface area contributed by atoms with Gasteiger partial charge in [-0.1, -0.05) is 17.7 Å². The molecular formula is C14H11ClFNO2. The summed E-state index contributed by atoms with van der Waals surface area (Å²) in [6.45, 7) is -0.651. The molecule has 0 saturated heterocycles. The zero-order valence-electron chi connectivity index (χ0n) is 9.98. The van der Waals surface area contributed by atoms with Gasteiger partial charge in [-0.2, -0.15) is 0 Å². The van der Waals surface area contributed by atoms with Gasteiger partial charge in [0.1, 0.15) is 18.7 Å². The van der Waals surface area contributed by atoms with E-state index in [0.29, 0.717) is 28.6 Å². The number of carbonyl (C=O) groups excluding carboxylic acids is 1. The Kier molecular flexibility index (Phi) is 4.47. The second kappa shape index (κ2) is 6.29. The maximum atomic E-state index is 12.7. The molecule has 0 bridgehead atoms. The van der Waals surface area contributed by atoms with E-state index in [0.717, 1.165) is 11.8 Å². The SMILES string of the molecule is O=CCc1ccc(Oc2ccc(Cl)c(CF)c2)nc1. The highest BCUT2D eigenvalue weighted by molar-refractivity contribution is 6.31. The summed E-state index contributed by atoms with van der Waals surface area (Å²) < 4.78 is 18.1. The average molecular weight is 280 g/mol.